The molecule has 0 unspecified atom stereocenters. The fraction of sp³-hybridized carbons (Fsp3) is 0.333. The highest BCUT2D eigenvalue weighted by atomic mass is 16.5. The number of nitrogens with one attached hydrogen (secondary N) is 2. The van der Waals surface area contributed by atoms with Crippen LogP contribution in [0.25, 0.3) is 0 Å². The zero-order valence-corrected chi connectivity index (χ0v) is 13.7. The van der Waals surface area contributed by atoms with Gasteiger partial charge in [-0.3, -0.25) is 0 Å². The highest BCUT2D eigenvalue weighted by molar-refractivity contribution is 5.52. The molecule has 0 aliphatic rings. The first-order valence-corrected chi connectivity index (χ1v) is 7.65. The maximum Gasteiger partial charge on any atom is 0.129 e. The third-order valence-corrected chi connectivity index (χ3v) is 3.17. The van der Waals surface area contributed by atoms with Crippen molar-refractivity contribution in [3.63, 3.8) is 0 Å². The first kappa shape index (κ1) is 17.1. The minimum atomic E-state index is 0.667. The Bertz CT molecular complexity index is 538. The van der Waals surface area contributed by atoms with E-state index in [-0.39, 0.29) is 0 Å². The summed E-state index contributed by atoms with van der Waals surface area (Å²) in [5.41, 5.74) is 2.02. The van der Waals surface area contributed by atoms with Gasteiger partial charge in [0.15, 0.2) is 0 Å². The largest absolute Gasteiger partial charge is 0.457 e. The molecule has 0 aliphatic carbocycles. The van der Waals surface area contributed by atoms with Crippen molar-refractivity contribution in [3.8, 4) is 11.5 Å². The zero-order chi connectivity index (χ0) is 16.3. The van der Waals surface area contributed by atoms with E-state index in [2.05, 4.69) is 10.6 Å². The molecular formula is C18H24N2O3. The average molecular weight is 316 g/mol. The Kier molecular flexibility index (Phi) is 7.23. The highest BCUT2D eigenvalue weighted by Gasteiger charge is 2.01. The lowest BCUT2D eigenvalue weighted by Crippen LogP contribution is -2.07. The van der Waals surface area contributed by atoms with Gasteiger partial charge in [0.2, 0.25) is 0 Å². The summed E-state index contributed by atoms with van der Waals surface area (Å²) in [6, 6.07) is 15.8. The summed E-state index contributed by atoms with van der Waals surface area (Å²) in [6.45, 7) is 2.86. The molecule has 0 heterocycles. The monoisotopic (exact) mass is 316 g/mol. The molecular weight excluding hydrogens is 292 g/mol. The van der Waals surface area contributed by atoms with Gasteiger partial charge < -0.3 is 24.8 Å². The van der Waals surface area contributed by atoms with Gasteiger partial charge in [-0.15, -0.1) is 0 Å². The Morgan fingerprint density at radius 1 is 0.739 bits per heavy atom. The van der Waals surface area contributed by atoms with E-state index in [4.69, 9.17) is 14.2 Å². The molecule has 0 fully saturated rings. The molecule has 124 valence electrons. The molecule has 5 heteroatoms. The van der Waals surface area contributed by atoms with Crippen LogP contribution in [0, 0.1) is 0 Å². The summed E-state index contributed by atoms with van der Waals surface area (Å²) in [5, 5.41) is 6.57. The molecule has 0 bridgehead atoms. The lowest BCUT2D eigenvalue weighted by Gasteiger charge is -2.11. The summed E-state index contributed by atoms with van der Waals surface area (Å²) in [6.07, 6.45) is 0. The number of hydrogen-bond acceptors (Lipinski definition) is 5. The average Bonchev–Trinajstić information content (AvgIpc) is 2.56. The van der Waals surface area contributed by atoms with E-state index >= 15 is 0 Å². The molecule has 0 atom stereocenters. The van der Waals surface area contributed by atoms with Gasteiger partial charge in [0.25, 0.3) is 0 Å². The normalized spacial score (nSPS) is 10.3. The number of ether oxygens (including phenoxy) is 3. The molecule has 0 aromatic heterocycles. The molecule has 0 amide bonds. The quantitative estimate of drug-likeness (QED) is 0.656. The van der Waals surface area contributed by atoms with Crippen LogP contribution in [0.15, 0.2) is 48.5 Å². The second-order valence-electron chi connectivity index (χ2n) is 5.00. The summed E-state index contributed by atoms with van der Waals surface area (Å²) >= 11 is 0. The summed E-state index contributed by atoms with van der Waals surface area (Å²) in [5.74, 6) is 1.59. The van der Waals surface area contributed by atoms with Crippen molar-refractivity contribution in [1.29, 1.82) is 0 Å². The van der Waals surface area contributed by atoms with Crippen molar-refractivity contribution in [3.05, 3.63) is 48.5 Å². The van der Waals surface area contributed by atoms with E-state index in [1.165, 1.54) is 0 Å². The number of methoxy groups -OCH3 is 2. The second-order valence-corrected chi connectivity index (χ2v) is 5.00. The minimum absolute atomic E-state index is 0.667. The van der Waals surface area contributed by atoms with Crippen LogP contribution in [-0.2, 0) is 9.47 Å². The van der Waals surface area contributed by atoms with Crippen molar-refractivity contribution >= 4 is 11.4 Å². The van der Waals surface area contributed by atoms with Crippen LogP contribution in [0.1, 0.15) is 0 Å². The smallest absolute Gasteiger partial charge is 0.129 e. The third kappa shape index (κ3) is 6.18. The molecule has 2 aromatic carbocycles. The fourth-order valence-corrected chi connectivity index (χ4v) is 2.07. The van der Waals surface area contributed by atoms with Crippen LogP contribution >= 0.6 is 0 Å². The molecule has 0 radical (unpaired) electrons. The number of anilines is 2. The molecule has 0 spiro atoms. The molecule has 5 nitrogen and oxygen atoms in total. The Hall–Kier alpha value is -2.24. The van der Waals surface area contributed by atoms with Gasteiger partial charge in [-0.25, -0.2) is 0 Å². The van der Waals surface area contributed by atoms with Crippen LogP contribution in [0.2, 0.25) is 0 Å². The van der Waals surface area contributed by atoms with Crippen molar-refractivity contribution in [2.45, 2.75) is 0 Å². The van der Waals surface area contributed by atoms with E-state index in [0.29, 0.717) is 13.2 Å². The molecule has 2 aromatic rings. The number of hydrogen-bond donors (Lipinski definition) is 2. The van der Waals surface area contributed by atoms with Crippen molar-refractivity contribution in [1.82, 2.24) is 0 Å². The standard InChI is InChI=1S/C18H24N2O3/c1-21-11-9-19-15-5-3-7-17(13-15)23-18-8-4-6-16(14-18)20-10-12-22-2/h3-8,13-14,19-20H,9-12H2,1-2H3. The van der Waals surface area contributed by atoms with Gasteiger partial charge in [-0.05, 0) is 24.3 Å². The number of benzene rings is 2. The SMILES string of the molecule is COCCNc1cccc(Oc2cccc(NCCOC)c2)c1. The van der Waals surface area contributed by atoms with Crippen LogP contribution in [-0.4, -0.2) is 40.5 Å². The molecule has 2 N–H and O–H groups in total. The lowest BCUT2D eigenvalue weighted by atomic mass is 10.2. The molecule has 23 heavy (non-hydrogen) atoms. The second kappa shape index (κ2) is 9.71. The molecule has 0 saturated heterocycles. The van der Waals surface area contributed by atoms with Gasteiger partial charge in [0.1, 0.15) is 11.5 Å². The van der Waals surface area contributed by atoms with Gasteiger partial charge in [-0.2, -0.15) is 0 Å². The summed E-state index contributed by atoms with van der Waals surface area (Å²) < 4.78 is 16.0. The van der Waals surface area contributed by atoms with E-state index in [1.54, 1.807) is 14.2 Å². The van der Waals surface area contributed by atoms with Crippen LogP contribution in [0.5, 0.6) is 11.5 Å². The van der Waals surface area contributed by atoms with Crippen molar-refractivity contribution in [2.24, 2.45) is 0 Å². The zero-order valence-electron chi connectivity index (χ0n) is 13.7. The van der Waals surface area contributed by atoms with Gasteiger partial charge in [-0.1, -0.05) is 12.1 Å². The first-order valence-electron chi connectivity index (χ1n) is 7.65. The van der Waals surface area contributed by atoms with E-state index < -0.39 is 0 Å². The van der Waals surface area contributed by atoms with Gasteiger partial charge in [0.05, 0.1) is 13.2 Å². The van der Waals surface area contributed by atoms with Crippen molar-refractivity contribution in [2.75, 3.05) is 51.2 Å². The van der Waals surface area contributed by atoms with Gasteiger partial charge >= 0.3 is 0 Å². The van der Waals surface area contributed by atoms with Crippen molar-refractivity contribution < 1.29 is 14.2 Å². The van der Waals surface area contributed by atoms with E-state index in [9.17, 15) is 0 Å². The predicted octanol–water partition coefficient (Wildman–Crippen LogP) is 3.60. The molecule has 2 rings (SSSR count). The fourth-order valence-electron chi connectivity index (χ4n) is 2.07. The predicted molar refractivity (Wildman–Crippen MR) is 93.7 cm³/mol. The highest BCUT2D eigenvalue weighted by Crippen LogP contribution is 2.26. The Balaban J connectivity index is 1.95. The first-order chi connectivity index (χ1) is 11.3. The lowest BCUT2D eigenvalue weighted by molar-refractivity contribution is 0.210. The molecule has 0 aliphatic heterocycles. The topological polar surface area (TPSA) is 51.8 Å². The van der Waals surface area contributed by atoms with Crippen LogP contribution in [0.3, 0.4) is 0 Å². The van der Waals surface area contributed by atoms with Gasteiger partial charge in [0, 0.05) is 50.8 Å². The third-order valence-electron chi connectivity index (χ3n) is 3.17. The molecule has 0 saturated carbocycles. The number of rotatable bonds is 10. The Morgan fingerprint density at radius 2 is 1.22 bits per heavy atom. The maximum absolute atomic E-state index is 5.93. The summed E-state index contributed by atoms with van der Waals surface area (Å²) in [7, 11) is 3.38. The van der Waals surface area contributed by atoms with E-state index in [1.807, 2.05) is 48.5 Å². The Labute approximate surface area is 137 Å². The Morgan fingerprint density at radius 3 is 1.65 bits per heavy atom. The minimum Gasteiger partial charge on any atom is -0.457 e. The van der Waals surface area contributed by atoms with Crippen LogP contribution in [0.4, 0.5) is 11.4 Å². The maximum atomic E-state index is 5.93. The van der Waals surface area contributed by atoms with Crippen LogP contribution < -0.4 is 15.4 Å². The summed E-state index contributed by atoms with van der Waals surface area (Å²) in [4.78, 5) is 0. The van der Waals surface area contributed by atoms with E-state index in [0.717, 1.165) is 36.0 Å².